The van der Waals surface area contributed by atoms with E-state index in [4.69, 9.17) is 9.98 Å². The average Bonchev–Trinajstić information content (AvgIpc) is 3.53. The maximum atomic E-state index is 5.26. The number of fused-ring (bicyclic) bond motifs is 3. The number of nitrogens with zero attached hydrogens (tertiary/aromatic N) is 4. The van der Waals surface area contributed by atoms with Crippen LogP contribution in [0.2, 0.25) is 0 Å². The first-order valence-electron chi connectivity index (χ1n) is 13.9. The summed E-state index contributed by atoms with van der Waals surface area (Å²) in [5.74, 6) is 0. The summed E-state index contributed by atoms with van der Waals surface area (Å²) in [4.78, 5) is 13.1. The van der Waals surface area contributed by atoms with Gasteiger partial charge < -0.3 is 9.88 Å². The fraction of sp³-hybridized carbons (Fsp3) is 0.273. The van der Waals surface area contributed by atoms with Crippen molar-refractivity contribution in [2.45, 2.75) is 37.6 Å². The molecule has 0 aromatic heterocycles. The minimum absolute atomic E-state index is 0. The van der Waals surface area contributed by atoms with Gasteiger partial charge >= 0.3 is 0 Å². The van der Waals surface area contributed by atoms with E-state index in [9.17, 15) is 0 Å². The Morgan fingerprint density at radius 2 is 1.51 bits per heavy atom. The van der Waals surface area contributed by atoms with Gasteiger partial charge in [0.1, 0.15) is 0 Å². The van der Waals surface area contributed by atoms with Crippen molar-refractivity contribution in [3.8, 4) is 17.1 Å². The van der Waals surface area contributed by atoms with Crippen molar-refractivity contribution >= 4 is 34.8 Å². The molecular weight excluding hydrogens is 502 g/mol. The highest BCUT2D eigenvalue weighted by atomic mass is 35.5. The summed E-state index contributed by atoms with van der Waals surface area (Å²) in [6.45, 7) is 3.34. The van der Waals surface area contributed by atoms with Gasteiger partial charge in [-0.05, 0) is 93.7 Å². The van der Waals surface area contributed by atoms with Crippen LogP contribution in [0.15, 0.2) is 102 Å². The van der Waals surface area contributed by atoms with E-state index < -0.39 is 0 Å². The molecule has 6 heteroatoms. The lowest BCUT2D eigenvalue weighted by molar-refractivity contribution is 0.185. The molecule has 2 fully saturated rings. The highest BCUT2D eigenvalue weighted by Gasteiger charge is 2.43. The van der Waals surface area contributed by atoms with E-state index in [0.29, 0.717) is 5.54 Å². The molecule has 0 radical (unpaired) electrons. The third-order valence-electron chi connectivity index (χ3n) is 8.43. The number of halogens is 1. The highest BCUT2D eigenvalue weighted by molar-refractivity contribution is 5.85. The van der Waals surface area contributed by atoms with Crippen LogP contribution in [0.25, 0.3) is 28.1 Å². The van der Waals surface area contributed by atoms with Gasteiger partial charge in [-0.1, -0.05) is 48.5 Å². The lowest BCUT2D eigenvalue weighted by Gasteiger charge is -2.31. The highest BCUT2D eigenvalue weighted by Crippen LogP contribution is 2.41. The first kappa shape index (κ1) is 25.6. The predicted molar refractivity (Wildman–Crippen MR) is 162 cm³/mol. The third kappa shape index (κ3) is 4.81. The Labute approximate surface area is 236 Å². The number of benzene rings is 4. The van der Waals surface area contributed by atoms with Crippen LogP contribution in [0.5, 0.6) is 0 Å². The molecule has 2 saturated heterocycles. The Hall–Kier alpha value is -3.67. The largest absolute Gasteiger partial charge is 0.354 e. The summed E-state index contributed by atoms with van der Waals surface area (Å²) in [6, 6.07) is 33.7. The zero-order valence-corrected chi connectivity index (χ0v) is 22.9. The van der Waals surface area contributed by atoms with Gasteiger partial charge in [-0.15, -0.1) is 12.4 Å². The van der Waals surface area contributed by atoms with E-state index in [1.54, 1.807) is 0 Å². The second kappa shape index (κ2) is 10.8. The molecule has 7 rings (SSSR count). The predicted octanol–water partition coefficient (Wildman–Crippen LogP) is 7.21. The number of hydrogen-bond donors (Lipinski definition) is 1. The molecule has 3 heterocycles. The number of nitrogens with one attached hydrogen (secondary N) is 1. The molecule has 198 valence electrons. The van der Waals surface area contributed by atoms with E-state index >= 15 is 0 Å². The Bertz CT molecular complexity index is 1600. The molecule has 4 aliphatic rings. The van der Waals surface area contributed by atoms with Crippen molar-refractivity contribution in [2.24, 2.45) is 4.99 Å². The molecule has 3 aliphatic heterocycles. The second-order valence-electron chi connectivity index (χ2n) is 10.7. The van der Waals surface area contributed by atoms with Crippen LogP contribution in [0.3, 0.4) is 0 Å². The molecule has 0 unspecified atom stereocenters. The van der Waals surface area contributed by atoms with Crippen LogP contribution in [0.4, 0.5) is 11.4 Å². The van der Waals surface area contributed by atoms with Gasteiger partial charge in [0.05, 0.1) is 33.5 Å². The van der Waals surface area contributed by atoms with Crippen LogP contribution in [0, 0.1) is 0 Å². The third-order valence-corrected chi connectivity index (χ3v) is 8.43. The summed E-state index contributed by atoms with van der Waals surface area (Å²) in [5, 5.41) is 4.63. The van der Waals surface area contributed by atoms with Gasteiger partial charge in [0, 0.05) is 23.5 Å². The molecule has 3 aromatic carbocycles. The SMILES string of the molecule is Cl.c1ccc(Nc2cc3nc4ccccc4n(-c4ccccc4)c-3cc2=NCCC23CCCN2CCC3)cc1. The number of aromatic nitrogens is 2. The fourth-order valence-corrected chi connectivity index (χ4v) is 6.62. The molecule has 3 aromatic rings. The number of hydrogen-bond acceptors (Lipinski definition) is 4. The van der Waals surface area contributed by atoms with Crippen molar-refractivity contribution in [1.82, 2.24) is 14.5 Å². The normalized spacial score (nSPS) is 16.9. The van der Waals surface area contributed by atoms with E-state index in [1.807, 2.05) is 6.07 Å². The summed E-state index contributed by atoms with van der Waals surface area (Å²) < 4.78 is 2.32. The molecule has 0 bridgehead atoms. The molecular formula is C33H34ClN5. The minimum atomic E-state index is 0. The first-order valence-corrected chi connectivity index (χ1v) is 13.9. The van der Waals surface area contributed by atoms with E-state index in [-0.39, 0.29) is 12.4 Å². The maximum Gasteiger partial charge on any atom is 0.0900 e. The van der Waals surface area contributed by atoms with Gasteiger partial charge in [-0.3, -0.25) is 9.89 Å². The molecule has 0 atom stereocenters. The fourth-order valence-electron chi connectivity index (χ4n) is 6.62. The number of anilines is 2. The number of rotatable bonds is 6. The van der Waals surface area contributed by atoms with E-state index in [0.717, 1.165) is 57.8 Å². The van der Waals surface area contributed by atoms with Gasteiger partial charge in [0.2, 0.25) is 0 Å². The summed E-state index contributed by atoms with van der Waals surface area (Å²) in [6.07, 6.45) is 6.42. The second-order valence-corrected chi connectivity index (χ2v) is 10.7. The Kier molecular flexibility index (Phi) is 7.11. The van der Waals surface area contributed by atoms with Crippen molar-refractivity contribution in [3.63, 3.8) is 0 Å². The topological polar surface area (TPSA) is 45.5 Å². The van der Waals surface area contributed by atoms with Crippen LogP contribution in [0.1, 0.15) is 32.1 Å². The lowest BCUT2D eigenvalue weighted by Crippen LogP contribution is -2.38. The average molecular weight is 536 g/mol. The molecule has 0 saturated carbocycles. The van der Waals surface area contributed by atoms with E-state index in [2.05, 4.69) is 106 Å². The summed E-state index contributed by atoms with van der Waals surface area (Å²) >= 11 is 0. The molecule has 1 aliphatic carbocycles. The van der Waals surface area contributed by atoms with Crippen molar-refractivity contribution < 1.29 is 0 Å². The van der Waals surface area contributed by atoms with Crippen molar-refractivity contribution in [1.29, 1.82) is 0 Å². The number of para-hydroxylation sites is 4. The summed E-state index contributed by atoms with van der Waals surface area (Å²) in [7, 11) is 0. The van der Waals surface area contributed by atoms with Gasteiger partial charge in [0.15, 0.2) is 0 Å². The van der Waals surface area contributed by atoms with Crippen LogP contribution >= 0.6 is 12.4 Å². The molecule has 0 amide bonds. The van der Waals surface area contributed by atoms with Gasteiger partial charge in [0.25, 0.3) is 0 Å². The summed E-state index contributed by atoms with van der Waals surface area (Å²) in [5.41, 5.74) is 7.62. The first-order chi connectivity index (χ1) is 18.8. The van der Waals surface area contributed by atoms with Crippen LogP contribution in [-0.4, -0.2) is 39.6 Å². The van der Waals surface area contributed by atoms with E-state index in [1.165, 1.54) is 38.8 Å². The molecule has 39 heavy (non-hydrogen) atoms. The smallest absolute Gasteiger partial charge is 0.0900 e. The maximum absolute atomic E-state index is 5.26. The molecule has 1 N–H and O–H groups in total. The molecule has 0 spiro atoms. The van der Waals surface area contributed by atoms with Crippen molar-refractivity contribution in [3.05, 3.63) is 102 Å². The minimum Gasteiger partial charge on any atom is -0.354 e. The molecule has 5 nitrogen and oxygen atoms in total. The zero-order chi connectivity index (χ0) is 25.4. The zero-order valence-electron chi connectivity index (χ0n) is 22.1. The van der Waals surface area contributed by atoms with Crippen molar-refractivity contribution in [2.75, 3.05) is 25.0 Å². The quantitative estimate of drug-likeness (QED) is 0.233. The Morgan fingerprint density at radius 3 is 2.28 bits per heavy atom. The Morgan fingerprint density at radius 1 is 0.821 bits per heavy atom. The van der Waals surface area contributed by atoms with Gasteiger partial charge in [-0.2, -0.15) is 0 Å². The Balaban J connectivity index is 0.00000277. The van der Waals surface area contributed by atoms with Gasteiger partial charge in [-0.25, -0.2) is 4.98 Å². The van der Waals surface area contributed by atoms with Crippen LogP contribution < -0.4 is 10.7 Å². The van der Waals surface area contributed by atoms with Crippen LogP contribution in [-0.2, 0) is 0 Å². The monoisotopic (exact) mass is 535 g/mol. The standard InChI is InChI=1S/C33H33N5.ClH/c1-3-11-25(12-4-1)35-29-23-30-32(24-28(29)34-20-19-33-17-9-21-37(33)22-10-18-33)38(26-13-5-2-6-14-26)31-16-8-7-15-27(31)36-30;/h1-8,11-16,23-24,35H,9-10,17-22H2;1H. The lowest BCUT2D eigenvalue weighted by atomic mass is 9.90.